The molecule has 0 aliphatic carbocycles. The van der Waals surface area contributed by atoms with E-state index in [-0.39, 0.29) is 0 Å². The second-order valence-corrected chi connectivity index (χ2v) is 5.89. The van der Waals surface area contributed by atoms with Crippen molar-refractivity contribution in [3.8, 4) is 27.6 Å². The molecule has 0 aliphatic heterocycles. The predicted molar refractivity (Wildman–Crippen MR) is 89.0 cm³/mol. The molecule has 0 bridgehead atoms. The van der Waals surface area contributed by atoms with Crippen LogP contribution in [0.4, 0.5) is 5.00 Å². The molecule has 0 amide bonds. The van der Waals surface area contributed by atoms with Crippen molar-refractivity contribution in [1.29, 1.82) is 0 Å². The van der Waals surface area contributed by atoms with Gasteiger partial charge >= 0.3 is 0 Å². The van der Waals surface area contributed by atoms with Gasteiger partial charge in [-0.05, 0) is 18.2 Å². The Morgan fingerprint density at radius 2 is 1.86 bits per heavy atom. The summed E-state index contributed by atoms with van der Waals surface area (Å²) < 4.78 is 5.16. The van der Waals surface area contributed by atoms with Gasteiger partial charge in [0.05, 0.1) is 12.1 Å². The Balaban J connectivity index is 2.04. The summed E-state index contributed by atoms with van der Waals surface area (Å²) in [5, 5.41) is 2.12. The Hall–Kier alpha value is -2.04. The first kappa shape index (κ1) is 13.9. The smallest absolute Gasteiger partial charge is 0.137 e. The molecule has 0 atom stereocenters. The molecule has 3 nitrogen and oxygen atoms in total. The lowest BCUT2D eigenvalue weighted by molar-refractivity contribution is 0.415. The Labute approximate surface area is 132 Å². The molecule has 0 aliphatic rings. The number of anilines is 1. The van der Waals surface area contributed by atoms with E-state index in [0.717, 1.165) is 21.8 Å². The van der Waals surface area contributed by atoms with Gasteiger partial charge in [-0.3, -0.25) is 0 Å². The topological polar surface area (TPSA) is 48.1 Å². The highest BCUT2D eigenvalue weighted by atomic mass is 35.5. The van der Waals surface area contributed by atoms with Gasteiger partial charge in [-0.2, -0.15) is 0 Å². The zero-order valence-electron chi connectivity index (χ0n) is 11.3. The molecular weight excluding hydrogens is 304 g/mol. The van der Waals surface area contributed by atoms with E-state index in [0.29, 0.717) is 15.8 Å². The maximum absolute atomic E-state index is 6.17. The number of benzene rings is 2. The first-order chi connectivity index (χ1) is 10.2. The van der Waals surface area contributed by atoms with Crippen molar-refractivity contribution in [1.82, 2.24) is 4.98 Å². The van der Waals surface area contributed by atoms with Crippen LogP contribution in [0.15, 0.2) is 48.5 Å². The van der Waals surface area contributed by atoms with Gasteiger partial charge in [0.15, 0.2) is 0 Å². The fourth-order valence-corrected chi connectivity index (χ4v) is 3.17. The quantitative estimate of drug-likeness (QED) is 0.760. The number of nitrogens with zero attached hydrogens (tertiary/aromatic N) is 1. The molecule has 0 fully saturated rings. The van der Waals surface area contributed by atoms with E-state index in [9.17, 15) is 0 Å². The summed E-state index contributed by atoms with van der Waals surface area (Å²) in [7, 11) is 1.59. The molecule has 0 saturated heterocycles. The van der Waals surface area contributed by atoms with Crippen LogP contribution in [-0.2, 0) is 0 Å². The van der Waals surface area contributed by atoms with Crippen LogP contribution in [0, 0.1) is 0 Å². The number of hydrogen-bond acceptors (Lipinski definition) is 4. The molecule has 1 aromatic heterocycles. The summed E-state index contributed by atoms with van der Waals surface area (Å²) in [5.41, 5.74) is 8.81. The molecular formula is C16H13ClN2OS. The van der Waals surface area contributed by atoms with Crippen molar-refractivity contribution in [2.75, 3.05) is 12.8 Å². The molecule has 0 saturated carbocycles. The monoisotopic (exact) mass is 316 g/mol. The highest BCUT2D eigenvalue weighted by Gasteiger charge is 2.13. The Morgan fingerprint density at radius 1 is 1.10 bits per heavy atom. The molecule has 2 aromatic carbocycles. The van der Waals surface area contributed by atoms with Gasteiger partial charge in [0.1, 0.15) is 21.5 Å². The number of nitrogens with two attached hydrogens (primary N) is 1. The van der Waals surface area contributed by atoms with Crippen LogP contribution in [0.3, 0.4) is 0 Å². The van der Waals surface area contributed by atoms with Crippen LogP contribution in [0.25, 0.3) is 21.8 Å². The highest BCUT2D eigenvalue weighted by Crippen LogP contribution is 2.38. The number of aromatic nitrogens is 1. The summed E-state index contributed by atoms with van der Waals surface area (Å²) >= 11 is 7.64. The lowest BCUT2D eigenvalue weighted by atomic mass is 10.1. The summed E-state index contributed by atoms with van der Waals surface area (Å²) in [6.45, 7) is 0. The second-order valence-electron chi connectivity index (χ2n) is 4.45. The fraction of sp³-hybridized carbons (Fsp3) is 0.0625. The van der Waals surface area contributed by atoms with Crippen molar-refractivity contribution in [2.45, 2.75) is 0 Å². The van der Waals surface area contributed by atoms with Gasteiger partial charge in [0, 0.05) is 11.1 Å². The van der Waals surface area contributed by atoms with Gasteiger partial charge in [-0.15, -0.1) is 0 Å². The third kappa shape index (κ3) is 2.73. The molecule has 106 valence electrons. The summed E-state index contributed by atoms with van der Waals surface area (Å²) in [4.78, 5) is 4.64. The van der Waals surface area contributed by atoms with Crippen molar-refractivity contribution in [3.63, 3.8) is 0 Å². The van der Waals surface area contributed by atoms with Crippen molar-refractivity contribution in [2.24, 2.45) is 0 Å². The van der Waals surface area contributed by atoms with E-state index < -0.39 is 0 Å². The van der Waals surface area contributed by atoms with E-state index in [1.54, 1.807) is 7.11 Å². The zero-order chi connectivity index (χ0) is 14.8. The van der Waals surface area contributed by atoms with Gasteiger partial charge in [-0.25, -0.2) is 4.98 Å². The van der Waals surface area contributed by atoms with E-state index in [2.05, 4.69) is 4.98 Å². The van der Waals surface area contributed by atoms with Crippen LogP contribution in [0.2, 0.25) is 5.02 Å². The lowest BCUT2D eigenvalue weighted by Gasteiger charge is -2.04. The SMILES string of the molecule is COc1ccc(-c2nc(-c3ccccc3)sc2N)cc1Cl. The zero-order valence-corrected chi connectivity index (χ0v) is 12.9. The molecule has 3 aromatic rings. The number of methoxy groups -OCH3 is 1. The van der Waals surface area contributed by atoms with Crippen molar-refractivity contribution < 1.29 is 4.74 Å². The standard InChI is InChI=1S/C16H13ClN2OS/c1-20-13-8-7-11(9-12(13)17)14-15(18)21-16(19-14)10-5-3-2-4-6-10/h2-9H,18H2,1H3. The largest absolute Gasteiger partial charge is 0.495 e. The van der Waals surface area contributed by atoms with E-state index in [4.69, 9.17) is 22.1 Å². The second kappa shape index (κ2) is 5.76. The number of nitrogen functional groups attached to an aromatic ring is 1. The summed E-state index contributed by atoms with van der Waals surface area (Å²) in [6.07, 6.45) is 0. The van der Waals surface area contributed by atoms with Gasteiger partial charge < -0.3 is 10.5 Å². The van der Waals surface area contributed by atoms with Gasteiger partial charge in [0.2, 0.25) is 0 Å². The Kier molecular flexibility index (Phi) is 3.82. The first-order valence-electron chi connectivity index (χ1n) is 6.34. The lowest BCUT2D eigenvalue weighted by Crippen LogP contribution is -1.88. The van der Waals surface area contributed by atoms with Crippen LogP contribution in [0.1, 0.15) is 0 Å². The number of rotatable bonds is 3. The molecule has 0 unspecified atom stereocenters. The number of hydrogen-bond donors (Lipinski definition) is 1. The minimum Gasteiger partial charge on any atom is -0.495 e. The molecule has 0 radical (unpaired) electrons. The minimum absolute atomic E-state index is 0.545. The molecule has 2 N–H and O–H groups in total. The molecule has 1 heterocycles. The maximum atomic E-state index is 6.17. The van der Waals surface area contributed by atoms with Crippen LogP contribution in [0.5, 0.6) is 5.75 Å². The number of halogens is 1. The summed E-state index contributed by atoms with van der Waals surface area (Å²) in [6, 6.07) is 15.5. The molecule has 5 heteroatoms. The Morgan fingerprint density at radius 3 is 2.52 bits per heavy atom. The van der Waals surface area contributed by atoms with E-state index >= 15 is 0 Å². The predicted octanol–water partition coefficient (Wildman–Crippen LogP) is 4.72. The first-order valence-corrected chi connectivity index (χ1v) is 7.54. The normalized spacial score (nSPS) is 10.6. The molecule has 3 rings (SSSR count). The average molecular weight is 317 g/mol. The van der Waals surface area contributed by atoms with E-state index in [1.807, 2.05) is 48.5 Å². The van der Waals surface area contributed by atoms with Crippen LogP contribution < -0.4 is 10.5 Å². The molecule has 0 spiro atoms. The van der Waals surface area contributed by atoms with E-state index in [1.165, 1.54) is 11.3 Å². The van der Waals surface area contributed by atoms with Gasteiger partial charge in [-0.1, -0.05) is 53.3 Å². The fourth-order valence-electron chi connectivity index (χ4n) is 2.06. The van der Waals surface area contributed by atoms with Crippen LogP contribution >= 0.6 is 22.9 Å². The maximum Gasteiger partial charge on any atom is 0.137 e. The Bertz CT molecular complexity index is 771. The highest BCUT2D eigenvalue weighted by molar-refractivity contribution is 7.19. The van der Waals surface area contributed by atoms with Crippen molar-refractivity contribution in [3.05, 3.63) is 53.6 Å². The van der Waals surface area contributed by atoms with Crippen LogP contribution in [-0.4, -0.2) is 12.1 Å². The third-order valence-electron chi connectivity index (χ3n) is 3.10. The molecule has 21 heavy (non-hydrogen) atoms. The minimum atomic E-state index is 0.545. The number of thiazole rings is 1. The number of ether oxygens (including phenoxy) is 1. The van der Waals surface area contributed by atoms with Crippen molar-refractivity contribution >= 4 is 27.9 Å². The average Bonchev–Trinajstić information content (AvgIpc) is 2.90. The van der Waals surface area contributed by atoms with Gasteiger partial charge in [0.25, 0.3) is 0 Å². The summed E-state index contributed by atoms with van der Waals surface area (Å²) in [5.74, 6) is 0.637. The third-order valence-corrected chi connectivity index (χ3v) is 4.33.